The molecular formula is C15H20N4O5S. The van der Waals surface area contributed by atoms with Crippen LogP contribution in [0, 0.1) is 21.4 Å². The van der Waals surface area contributed by atoms with Crippen molar-refractivity contribution in [1.82, 2.24) is 4.31 Å². The molecule has 2 atom stereocenters. The summed E-state index contributed by atoms with van der Waals surface area (Å²) in [6.07, 6.45) is -0.350. The van der Waals surface area contributed by atoms with Gasteiger partial charge in [-0.2, -0.15) is 9.57 Å². The molecule has 0 saturated carbocycles. The van der Waals surface area contributed by atoms with E-state index in [0.29, 0.717) is 13.1 Å². The highest BCUT2D eigenvalue weighted by atomic mass is 32.2. The quantitative estimate of drug-likeness (QED) is 0.593. The largest absolute Gasteiger partial charge is 0.378 e. The van der Waals surface area contributed by atoms with Crippen LogP contribution in [0.25, 0.3) is 0 Å². The number of hydrogen-bond donors (Lipinski definition) is 1. The fourth-order valence-electron chi connectivity index (χ4n) is 2.70. The van der Waals surface area contributed by atoms with Crippen molar-refractivity contribution < 1.29 is 18.1 Å². The Hall–Kier alpha value is -2.22. The Morgan fingerprint density at radius 1 is 1.40 bits per heavy atom. The molecule has 0 radical (unpaired) electrons. The minimum atomic E-state index is -3.50. The lowest BCUT2D eigenvalue weighted by molar-refractivity contribution is -0.384. The van der Waals surface area contributed by atoms with E-state index in [1.807, 2.05) is 19.9 Å². The van der Waals surface area contributed by atoms with Gasteiger partial charge in [-0.1, -0.05) is 0 Å². The van der Waals surface area contributed by atoms with Crippen molar-refractivity contribution in [2.24, 2.45) is 0 Å². The molecule has 136 valence electrons. The Labute approximate surface area is 146 Å². The summed E-state index contributed by atoms with van der Waals surface area (Å²) in [7, 11) is -3.50. The Morgan fingerprint density at radius 2 is 2.04 bits per heavy atom. The highest BCUT2D eigenvalue weighted by Crippen LogP contribution is 2.25. The second-order valence-corrected chi connectivity index (χ2v) is 8.01. The van der Waals surface area contributed by atoms with Crippen LogP contribution in [0.2, 0.25) is 0 Å². The number of nitriles is 1. The van der Waals surface area contributed by atoms with Gasteiger partial charge in [0.15, 0.2) is 0 Å². The molecular weight excluding hydrogens is 348 g/mol. The third-order valence-electron chi connectivity index (χ3n) is 3.78. The number of rotatable bonds is 6. The van der Waals surface area contributed by atoms with Crippen LogP contribution >= 0.6 is 0 Å². The number of benzene rings is 1. The normalized spacial score (nSPS) is 21.5. The van der Waals surface area contributed by atoms with Crippen LogP contribution < -0.4 is 5.32 Å². The molecule has 9 nitrogen and oxygen atoms in total. The van der Waals surface area contributed by atoms with Gasteiger partial charge in [0.2, 0.25) is 10.0 Å². The fraction of sp³-hybridized carbons (Fsp3) is 0.533. The van der Waals surface area contributed by atoms with E-state index in [9.17, 15) is 18.5 Å². The number of nitro benzene ring substituents is 1. The number of sulfonamides is 1. The van der Waals surface area contributed by atoms with Gasteiger partial charge in [0, 0.05) is 25.7 Å². The lowest BCUT2D eigenvalue weighted by Crippen LogP contribution is -2.49. The molecule has 0 amide bonds. The molecule has 10 heteroatoms. The Kier molecular flexibility index (Phi) is 5.94. The molecule has 0 unspecified atom stereocenters. The maximum Gasteiger partial charge on any atom is 0.293 e. The molecule has 0 aromatic heterocycles. The third kappa shape index (κ3) is 4.88. The average molecular weight is 368 g/mol. The number of nitro groups is 1. The zero-order chi connectivity index (χ0) is 18.6. The minimum Gasteiger partial charge on any atom is -0.378 e. The molecule has 1 aromatic rings. The first-order valence-corrected chi connectivity index (χ1v) is 9.39. The van der Waals surface area contributed by atoms with Gasteiger partial charge >= 0.3 is 0 Å². The van der Waals surface area contributed by atoms with Crippen LogP contribution in [-0.2, 0) is 14.8 Å². The van der Waals surface area contributed by atoms with E-state index >= 15 is 0 Å². The number of ether oxygens (including phenoxy) is 1. The SMILES string of the molecule is C[C@@H]1CN(S(=O)(=O)CCNc2ccc(C#N)cc2[N+](=O)[O-])C[C@H](C)O1. The molecule has 2 rings (SSSR count). The number of hydrogen-bond acceptors (Lipinski definition) is 7. The Morgan fingerprint density at radius 3 is 2.60 bits per heavy atom. The number of anilines is 1. The van der Waals surface area contributed by atoms with Gasteiger partial charge in [-0.15, -0.1) is 0 Å². The van der Waals surface area contributed by atoms with Gasteiger partial charge in [-0.25, -0.2) is 8.42 Å². The van der Waals surface area contributed by atoms with Gasteiger partial charge in [-0.05, 0) is 26.0 Å². The van der Waals surface area contributed by atoms with Crippen molar-refractivity contribution >= 4 is 21.4 Å². The van der Waals surface area contributed by atoms with Gasteiger partial charge in [0.1, 0.15) is 5.69 Å². The third-order valence-corrected chi connectivity index (χ3v) is 5.58. The number of morpholine rings is 1. The first-order valence-electron chi connectivity index (χ1n) is 7.78. The molecule has 1 heterocycles. The molecule has 25 heavy (non-hydrogen) atoms. The summed E-state index contributed by atoms with van der Waals surface area (Å²) >= 11 is 0. The van der Waals surface area contributed by atoms with E-state index in [-0.39, 0.29) is 41.4 Å². The fourth-order valence-corrected chi connectivity index (χ4v) is 4.20. The van der Waals surface area contributed by atoms with E-state index in [2.05, 4.69) is 5.32 Å². The maximum absolute atomic E-state index is 12.4. The molecule has 1 aromatic carbocycles. The molecule has 0 spiro atoms. The molecule has 0 aliphatic carbocycles. The standard InChI is InChI=1S/C15H20N4O5S/c1-11-9-18(10-12(2)24-11)25(22,23)6-5-17-14-4-3-13(8-16)7-15(14)19(20)21/h3-4,7,11-12,17H,5-6,9-10H2,1-2H3/t11-,12+. The summed E-state index contributed by atoms with van der Waals surface area (Å²) in [5.41, 5.74) is 0.0918. The van der Waals surface area contributed by atoms with E-state index in [1.165, 1.54) is 16.4 Å². The molecule has 1 fully saturated rings. The van der Waals surface area contributed by atoms with Crippen LogP contribution in [0.3, 0.4) is 0 Å². The van der Waals surface area contributed by atoms with Gasteiger partial charge in [-0.3, -0.25) is 10.1 Å². The van der Waals surface area contributed by atoms with Gasteiger partial charge in [0.25, 0.3) is 5.69 Å². The summed E-state index contributed by atoms with van der Waals surface area (Å²) in [5.74, 6) is -0.191. The molecule has 1 saturated heterocycles. The summed E-state index contributed by atoms with van der Waals surface area (Å²) < 4.78 is 31.8. The second-order valence-electron chi connectivity index (χ2n) is 5.92. The van der Waals surface area contributed by atoms with Crippen LogP contribution in [0.5, 0.6) is 0 Å². The maximum atomic E-state index is 12.4. The Balaban J connectivity index is 2.03. The van der Waals surface area contributed by atoms with Crippen molar-refractivity contribution in [2.45, 2.75) is 26.1 Å². The molecule has 1 N–H and O–H groups in total. The van der Waals surface area contributed by atoms with Crippen LogP contribution in [0.15, 0.2) is 18.2 Å². The zero-order valence-corrected chi connectivity index (χ0v) is 14.8. The molecule has 1 aliphatic heterocycles. The predicted octanol–water partition coefficient (Wildman–Crippen LogP) is 1.32. The van der Waals surface area contributed by atoms with Crippen molar-refractivity contribution in [3.05, 3.63) is 33.9 Å². The number of nitrogens with zero attached hydrogens (tertiary/aromatic N) is 3. The summed E-state index contributed by atoms with van der Waals surface area (Å²) in [5, 5.41) is 22.7. The van der Waals surface area contributed by atoms with E-state index < -0.39 is 14.9 Å². The average Bonchev–Trinajstić information content (AvgIpc) is 2.53. The van der Waals surface area contributed by atoms with E-state index in [0.717, 1.165) is 6.07 Å². The van der Waals surface area contributed by atoms with Crippen molar-refractivity contribution in [3.8, 4) is 6.07 Å². The van der Waals surface area contributed by atoms with E-state index in [1.54, 1.807) is 0 Å². The monoisotopic (exact) mass is 368 g/mol. The highest BCUT2D eigenvalue weighted by molar-refractivity contribution is 7.89. The first-order chi connectivity index (χ1) is 11.7. The van der Waals surface area contributed by atoms with E-state index in [4.69, 9.17) is 10.00 Å². The summed E-state index contributed by atoms with van der Waals surface area (Å²) in [6, 6.07) is 5.83. The van der Waals surface area contributed by atoms with Crippen LogP contribution in [-0.4, -0.2) is 55.2 Å². The molecule has 0 bridgehead atoms. The molecule has 1 aliphatic rings. The Bertz CT molecular complexity index is 780. The summed E-state index contributed by atoms with van der Waals surface area (Å²) in [4.78, 5) is 10.5. The lowest BCUT2D eigenvalue weighted by Gasteiger charge is -2.34. The zero-order valence-electron chi connectivity index (χ0n) is 14.0. The van der Waals surface area contributed by atoms with Crippen molar-refractivity contribution in [1.29, 1.82) is 5.26 Å². The van der Waals surface area contributed by atoms with Crippen molar-refractivity contribution in [3.63, 3.8) is 0 Å². The van der Waals surface area contributed by atoms with Gasteiger partial charge < -0.3 is 10.1 Å². The lowest BCUT2D eigenvalue weighted by atomic mass is 10.2. The van der Waals surface area contributed by atoms with Crippen LogP contribution in [0.1, 0.15) is 19.4 Å². The number of nitrogens with one attached hydrogen (secondary N) is 1. The summed E-state index contributed by atoms with van der Waals surface area (Å²) in [6.45, 7) is 4.25. The van der Waals surface area contributed by atoms with Crippen molar-refractivity contribution in [2.75, 3.05) is 30.7 Å². The van der Waals surface area contributed by atoms with Crippen LogP contribution in [0.4, 0.5) is 11.4 Å². The van der Waals surface area contributed by atoms with Gasteiger partial charge in [0.05, 0.1) is 34.5 Å². The second kappa shape index (κ2) is 7.77. The predicted molar refractivity (Wildman–Crippen MR) is 91.7 cm³/mol. The smallest absolute Gasteiger partial charge is 0.293 e. The highest BCUT2D eigenvalue weighted by Gasteiger charge is 2.30. The topological polar surface area (TPSA) is 126 Å². The first kappa shape index (κ1) is 19.1. The minimum absolute atomic E-state index is 0.0230.